The predicted molar refractivity (Wildman–Crippen MR) is 101 cm³/mol. The van der Waals surface area contributed by atoms with E-state index in [2.05, 4.69) is 15.2 Å². The first kappa shape index (κ1) is 17.1. The quantitative estimate of drug-likeness (QED) is 0.714. The van der Waals surface area contributed by atoms with Crippen LogP contribution in [0.1, 0.15) is 31.5 Å². The second-order valence-corrected chi connectivity index (χ2v) is 8.06. The van der Waals surface area contributed by atoms with Gasteiger partial charge in [-0.15, -0.1) is 10.2 Å². The normalized spacial score (nSPS) is 19.0. The number of nitrogens with zero attached hydrogens (tertiary/aromatic N) is 5. The molecule has 136 valence electrons. The number of piperidine rings is 1. The molecule has 26 heavy (non-hydrogen) atoms. The van der Waals surface area contributed by atoms with E-state index in [1.807, 2.05) is 47.7 Å². The number of hydrogen-bond donors (Lipinski definition) is 1. The molecule has 7 nitrogen and oxygen atoms in total. The van der Waals surface area contributed by atoms with Crippen LogP contribution in [0.15, 0.2) is 35.7 Å². The van der Waals surface area contributed by atoms with Crippen LogP contribution in [0.4, 0.5) is 0 Å². The highest BCUT2D eigenvalue weighted by atomic mass is 32.2. The van der Waals surface area contributed by atoms with E-state index in [0.29, 0.717) is 6.54 Å². The fraction of sp³-hybridized carbons (Fsp3) is 0.444. The number of hydrogen-bond acceptors (Lipinski definition) is 5. The van der Waals surface area contributed by atoms with Crippen molar-refractivity contribution in [3.63, 3.8) is 0 Å². The molecule has 4 rings (SSSR count). The molecule has 0 bridgehead atoms. The summed E-state index contributed by atoms with van der Waals surface area (Å²) in [5, 5.41) is 8.51. The first-order chi connectivity index (χ1) is 12.6. The van der Waals surface area contributed by atoms with Gasteiger partial charge in [-0.1, -0.05) is 23.9 Å². The Hall–Kier alpha value is -2.35. The fourth-order valence-corrected chi connectivity index (χ4v) is 4.29. The standard InChI is InChI=1S/C18H22N6OS/c1-12(26-18-22-19-11-23(18)2)17(25)24-9-5-6-13(10-24)16-20-14-7-3-4-8-15(14)21-16/h3-4,7-8,11-13H,5-6,9-10H2,1-2H3,(H,20,21)/t12-,13-/m1/s1. The second-order valence-electron chi connectivity index (χ2n) is 6.75. The van der Waals surface area contributed by atoms with Gasteiger partial charge in [-0.25, -0.2) is 4.98 Å². The Morgan fingerprint density at radius 1 is 1.38 bits per heavy atom. The average molecular weight is 370 g/mol. The zero-order valence-corrected chi connectivity index (χ0v) is 15.7. The van der Waals surface area contributed by atoms with E-state index in [0.717, 1.165) is 41.4 Å². The number of carbonyl (C=O) groups is 1. The minimum Gasteiger partial charge on any atom is -0.342 e. The fourth-order valence-electron chi connectivity index (χ4n) is 3.41. The number of imidazole rings is 1. The number of nitrogens with one attached hydrogen (secondary N) is 1. The van der Waals surface area contributed by atoms with Crippen LogP contribution in [0.5, 0.6) is 0 Å². The number of thioether (sulfide) groups is 1. The van der Waals surface area contributed by atoms with E-state index in [4.69, 9.17) is 4.98 Å². The number of rotatable bonds is 4. The van der Waals surface area contributed by atoms with Crippen LogP contribution < -0.4 is 0 Å². The number of benzene rings is 1. The van der Waals surface area contributed by atoms with Crippen LogP contribution in [0, 0.1) is 0 Å². The number of fused-ring (bicyclic) bond motifs is 1. The van der Waals surface area contributed by atoms with Crippen LogP contribution in [-0.2, 0) is 11.8 Å². The molecule has 0 radical (unpaired) electrons. The average Bonchev–Trinajstić information content (AvgIpc) is 3.27. The van der Waals surface area contributed by atoms with Gasteiger partial charge in [0.1, 0.15) is 12.2 Å². The van der Waals surface area contributed by atoms with Crippen LogP contribution >= 0.6 is 11.8 Å². The summed E-state index contributed by atoms with van der Waals surface area (Å²) in [5.41, 5.74) is 2.04. The van der Waals surface area contributed by atoms with Crippen LogP contribution in [0.3, 0.4) is 0 Å². The third-order valence-corrected chi connectivity index (χ3v) is 5.96. The second kappa shape index (κ2) is 7.11. The number of aromatic amines is 1. The van der Waals surface area contributed by atoms with E-state index >= 15 is 0 Å². The molecule has 1 fully saturated rings. The molecule has 0 unspecified atom stereocenters. The van der Waals surface area contributed by atoms with Crippen molar-refractivity contribution < 1.29 is 4.79 Å². The molecule has 0 saturated carbocycles. The highest BCUT2D eigenvalue weighted by Gasteiger charge is 2.30. The maximum Gasteiger partial charge on any atom is 0.235 e. The lowest BCUT2D eigenvalue weighted by atomic mass is 9.97. The van der Waals surface area contributed by atoms with Crippen LogP contribution in [0.2, 0.25) is 0 Å². The van der Waals surface area contributed by atoms with Crippen LogP contribution in [-0.4, -0.2) is 53.9 Å². The maximum atomic E-state index is 12.9. The van der Waals surface area contributed by atoms with Gasteiger partial charge < -0.3 is 14.5 Å². The minimum atomic E-state index is -0.188. The molecule has 8 heteroatoms. The third-order valence-electron chi connectivity index (χ3n) is 4.83. The van der Waals surface area contributed by atoms with Crippen molar-refractivity contribution in [3.8, 4) is 0 Å². The topological polar surface area (TPSA) is 79.7 Å². The third kappa shape index (κ3) is 3.33. The highest BCUT2D eigenvalue weighted by molar-refractivity contribution is 8.00. The summed E-state index contributed by atoms with van der Waals surface area (Å²) in [6.07, 6.45) is 3.70. The summed E-state index contributed by atoms with van der Waals surface area (Å²) < 4.78 is 1.84. The van der Waals surface area contributed by atoms with Crippen molar-refractivity contribution in [2.24, 2.45) is 7.05 Å². The first-order valence-corrected chi connectivity index (χ1v) is 9.74. The summed E-state index contributed by atoms with van der Waals surface area (Å²) in [5.74, 6) is 1.39. The zero-order valence-electron chi connectivity index (χ0n) is 14.9. The number of aryl methyl sites for hydroxylation is 1. The lowest BCUT2D eigenvalue weighted by Gasteiger charge is -2.33. The van der Waals surface area contributed by atoms with Gasteiger partial charge in [-0.05, 0) is 31.9 Å². The lowest BCUT2D eigenvalue weighted by molar-refractivity contribution is -0.131. The molecule has 3 heterocycles. The molecule has 0 aliphatic carbocycles. The monoisotopic (exact) mass is 370 g/mol. The van der Waals surface area contributed by atoms with Crippen molar-refractivity contribution in [3.05, 3.63) is 36.4 Å². The summed E-state index contributed by atoms with van der Waals surface area (Å²) in [7, 11) is 1.89. The highest BCUT2D eigenvalue weighted by Crippen LogP contribution is 2.29. The molecule has 1 aliphatic heterocycles. The number of aromatic nitrogens is 5. The summed E-state index contributed by atoms with van der Waals surface area (Å²) in [6.45, 7) is 3.45. The Bertz CT molecular complexity index is 886. The lowest BCUT2D eigenvalue weighted by Crippen LogP contribution is -2.43. The summed E-state index contributed by atoms with van der Waals surface area (Å²) in [6, 6.07) is 8.05. The van der Waals surface area contributed by atoms with Gasteiger partial charge in [0.15, 0.2) is 5.16 Å². The Balaban J connectivity index is 1.45. The van der Waals surface area contributed by atoms with Crippen molar-refractivity contribution in [1.82, 2.24) is 29.6 Å². The Labute approximate surface area is 156 Å². The van der Waals surface area contributed by atoms with E-state index in [1.165, 1.54) is 11.8 Å². The van der Waals surface area contributed by atoms with Gasteiger partial charge >= 0.3 is 0 Å². The number of likely N-dealkylation sites (tertiary alicyclic amines) is 1. The van der Waals surface area contributed by atoms with Crippen molar-refractivity contribution in [2.75, 3.05) is 13.1 Å². The van der Waals surface area contributed by atoms with E-state index in [-0.39, 0.29) is 17.1 Å². The predicted octanol–water partition coefficient (Wildman–Crippen LogP) is 2.58. The van der Waals surface area contributed by atoms with Gasteiger partial charge in [-0.3, -0.25) is 4.79 Å². The van der Waals surface area contributed by atoms with Crippen molar-refractivity contribution in [2.45, 2.75) is 36.1 Å². The molecule has 2 atom stereocenters. The molecule has 1 aliphatic rings. The smallest absolute Gasteiger partial charge is 0.235 e. The zero-order chi connectivity index (χ0) is 18.1. The van der Waals surface area contributed by atoms with E-state index in [1.54, 1.807) is 6.33 Å². The maximum absolute atomic E-state index is 12.9. The number of para-hydroxylation sites is 2. The Morgan fingerprint density at radius 3 is 3.00 bits per heavy atom. The van der Waals surface area contributed by atoms with Crippen molar-refractivity contribution >= 4 is 28.7 Å². The van der Waals surface area contributed by atoms with Gasteiger partial charge in [0, 0.05) is 26.1 Å². The Morgan fingerprint density at radius 2 is 2.23 bits per heavy atom. The molecule has 3 aromatic rings. The number of carbonyl (C=O) groups excluding carboxylic acids is 1. The summed E-state index contributed by atoms with van der Waals surface area (Å²) in [4.78, 5) is 23.0. The molecular weight excluding hydrogens is 348 g/mol. The number of amides is 1. The van der Waals surface area contributed by atoms with Gasteiger partial charge in [0.2, 0.25) is 5.91 Å². The van der Waals surface area contributed by atoms with Gasteiger partial charge in [0.05, 0.1) is 16.3 Å². The SMILES string of the molecule is C[C@@H](Sc1nncn1C)C(=O)N1CCC[C@@H](c2nc3ccccc3[nH]2)C1. The van der Waals surface area contributed by atoms with Crippen LogP contribution in [0.25, 0.3) is 11.0 Å². The van der Waals surface area contributed by atoms with E-state index in [9.17, 15) is 4.79 Å². The molecule has 1 N–H and O–H groups in total. The number of H-pyrrole nitrogens is 1. The summed E-state index contributed by atoms with van der Waals surface area (Å²) >= 11 is 1.45. The first-order valence-electron chi connectivity index (χ1n) is 8.86. The molecule has 0 spiro atoms. The van der Waals surface area contributed by atoms with Gasteiger partial charge in [0.25, 0.3) is 0 Å². The molecule has 1 amide bonds. The Kier molecular flexibility index (Phi) is 4.67. The van der Waals surface area contributed by atoms with Gasteiger partial charge in [-0.2, -0.15) is 0 Å². The molecule has 1 saturated heterocycles. The minimum absolute atomic E-state index is 0.152. The molecule has 2 aromatic heterocycles. The molecule has 1 aromatic carbocycles. The van der Waals surface area contributed by atoms with Crippen molar-refractivity contribution in [1.29, 1.82) is 0 Å². The largest absolute Gasteiger partial charge is 0.342 e. The van der Waals surface area contributed by atoms with E-state index < -0.39 is 0 Å². The molecular formula is C18H22N6OS.